The Morgan fingerprint density at radius 1 is 0.306 bits per heavy atom. The first-order valence-electron chi connectivity index (χ1n) is 17.1. The first-order chi connectivity index (χ1) is 24.3. The van der Waals surface area contributed by atoms with E-state index in [9.17, 15) is 0 Å². The molecule has 0 saturated heterocycles. The molecule has 0 aliphatic heterocycles. The molecule has 0 spiro atoms. The van der Waals surface area contributed by atoms with Crippen LogP contribution in [0, 0.1) is 0 Å². The van der Waals surface area contributed by atoms with E-state index >= 15 is 0 Å². The Bertz CT molecular complexity index is 2640. The Kier molecular flexibility index (Phi) is 6.19. The smallest absolute Gasteiger partial charge is 0.0622 e. The molecule has 10 rings (SSSR count). The maximum absolute atomic E-state index is 2.38. The number of hydrogen-bond donors (Lipinski definition) is 0. The van der Waals surface area contributed by atoms with E-state index in [1.165, 1.54) is 88.0 Å². The number of rotatable bonds is 4. The molecule has 1 aliphatic carbocycles. The van der Waals surface area contributed by atoms with Crippen LogP contribution in [0.2, 0.25) is 0 Å². The topological polar surface area (TPSA) is 0 Å². The van der Waals surface area contributed by atoms with Crippen molar-refractivity contribution in [2.45, 2.75) is 5.41 Å². The SMILES string of the molecule is c1ccc(C2(c3ccccc3)c3ccccc3-c3c4ccccc4c(-c4ccc(-c5ccc6ccccc6c5)cc4)c4cccc2c34)cc1. The predicted octanol–water partition coefficient (Wildman–Crippen LogP) is 12.8. The Labute approximate surface area is 286 Å². The van der Waals surface area contributed by atoms with Crippen LogP contribution in [0.1, 0.15) is 22.3 Å². The predicted molar refractivity (Wildman–Crippen MR) is 207 cm³/mol. The summed E-state index contributed by atoms with van der Waals surface area (Å²) in [5.74, 6) is 0. The van der Waals surface area contributed by atoms with Crippen LogP contribution in [0.25, 0.3) is 65.7 Å². The van der Waals surface area contributed by atoms with Crippen LogP contribution in [0.3, 0.4) is 0 Å². The molecular weight excluding hydrogens is 589 g/mol. The van der Waals surface area contributed by atoms with Gasteiger partial charge in [-0.3, -0.25) is 0 Å². The van der Waals surface area contributed by atoms with E-state index < -0.39 is 5.41 Å². The fraction of sp³-hybridized carbons (Fsp3) is 0.0204. The Hall–Kier alpha value is -6.24. The van der Waals surface area contributed by atoms with Gasteiger partial charge in [-0.1, -0.05) is 188 Å². The van der Waals surface area contributed by atoms with Crippen molar-refractivity contribution in [2.75, 3.05) is 0 Å². The van der Waals surface area contributed by atoms with Gasteiger partial charge in [0.15, 0.2) is 0 Å². The summed E-state index contributed by atoms with van der Waals surface area (Å²) in [5, 5.41) is 7.72. The van der Waals surface area contributed by atoms with Gasteiger partial charge in [-0.25, -0.2) is 0 Å². The minimum absolute atomic E-state index is 0.481. The van der Waals surface area contributed by atoms with Crippen LogP contribution in [0.4, 0.5) is 0 Å². The molecule has 0 atom stereocenters. The van der Waals surface area contributed by atoms with Crippen LogP contribution < -0.4 is 0 Å². The molecule has 0 fully saturated rings. The standard InChI is InChI=1S/C49H32/c1-3-16-38(17-4-1)49(39-18-5-2-6-19-39)44-24-12-11-22-42(44)47-41-21-10-9-20-40(41)46(43-23-13-25-45(49)48(43)47)35-29-26-34(27-30-35)37-31-28-33-14-7-8-15-36(33)32-37/h1-32H. The molecule has 0 saturated carbocycles. The lowest BCUT2D eigenvalue weighted by Gasteiger charge is -2.42. The minimum atomic E-state index is -0.481. The molecule has 0 bridgehead atoms. The van der Waals surface area contributed by atoms with Crippen LogP contribution in [-0.4, -0.2) is 0 Å². The Morgan fingerprint density at radius 3 is 1.57 bits per heavy atom. The van der Waals surface area contributed by atoms with E-state index in [4.69, 9.17) is 0 Å². The molecule has 0 heteroatoms. The second-order valence-electron chi connectivity index (χ2n) is 13.2. The van der Waals surface area contributed by atoms with Crippen LogP contribution in [-0.2, 0) is 5.41 Å². The molecule has 0 radical (unpaired) electrons. The molecule has 0 nitrogen and oxygen atoms in total. The monoisotopic (exact) mass is 620 g/mol. The summed E-state index contributed by atoms with van der Waals surface area (Å²) in [5.41, 5.74) is 12.3. The van der Waals surface area contributed by atoms with Crippen LogP contribution in [0.5, 0.6) is 0 Å². The zero-order chi connectivity index (χ0) is 32.4. The number of hydrogen-bond acceptors (Lipinski definition) is 0. The van der Waals surface area contributed by atoms with Crippen molar-refractivity contribution in [3.05, 3.63) is 216 Å². The molecule has 0 heterocycles. The zero-order valence-electron chi connectivity index (χ0n) is 27.0. The molecular formula is C49H32. The van der Waals surface area contributed by atoms with Crippen molar-refractivity contribution in [3.8, 4) is 33.4 Å². The first kappa shape index (κ1) is 27.8. The highest BCUT2D eigenvalue weighted by Crippen LogP contribution is 2.58. The van der Waals surface area contributed by atoms with Gasteiger partial charge in [-0.05, 0) is 94.0 Å². The highest BCUT2D eigenvalue weighted by Gasteiger charge is 2.44. The van der Waals surface area contributed by atoms with Gasteiger partial charge in [0.1, 0.15) is 0 Å². The van der Waals surface area contributed by atoms with E-state index in [0.717, 1.165) is 0 Å². The quantitative estimate of drug-likeness (QED) is 0.172. The van der Waals surface area contributed by atoms with E-state index in [2.05, 4.69) is 194 Å². The van der Waals surface area contributed by atoms with Crippen molar-refractivity contribution < 1.29 is 0 Å². The van der Waals surface area contributed by atoms with Gasteiger partial charge in [0.25, 0.3) is 0 Å². The van der Waals surface area contributed by atoms with Gasteiger partial charge in [0.05, 0.1) is 5.41 Å². The summed E-state index contributed by atoms with van der Waals surface area (Å²) in [7, 11) is 0. The molecule has 0 aromatic heterocycles. The third kappa shape index (κ3) is 4.04. The van der Waals surface area contributed by atoms with Gasteiger partial charge < -0.3 is 0 Å². The second kappa shape index (κ2) is 10.9. The summed E-state index contributed by atoms with van der Waals surface area (Å²) in [6.45, 7) is 0. The largest absolute Gasteiger partial charge is 0.0713 e. The molecule has 228 valence electrons. The van der Waals surface area contributed by atoms with Gasteiger partial charge in [-0.2, -0.15) is 0 Å². The molecule has 0 amide bonds. The van der Waals surface area contributed by atoms with E-state index in [-0.39, 0.29) is 0 Å². The van der Waals surface area contributed by atoms with E-state index in [1.807, 2.05) is 0 Å². The lowest BCUT2D eigenvalue weighted by Crippen LogP contribution is -2.33. The van der Waals surface area contributed by atoms with Crippen molar-refractivity contribution in [2.24, 2.45) is 0 Å². The van der Waals surface area contributed by atoms with Gasteiger partial charge in [-0.15, -0.1) is 0 Å². The maximum Gasteiger partial charge on any atom is 0.0713 e. The van der Waals surface area contributed by atoms with Crippen molar-refractivity contribution in [1.82, 2.24) is 0 Å². The molecule has 49 heavy (non-hydrogen) atoms. The maximum atomic E-state index is 2.38. The Balaban J connectivity index is 1.29. The lowest BCUT2D eigenvalue weighted by atomic mass is 9.59. The lowest BCUT2D eigenvalue weighted by molar-refractivity contribution is 0.750. The highest BCUT2D eigenvalue weighted by molar-refractivity contribution is 6.24. The molecule has 9 aromatic rings. The summed E-state index contributed by atoms with van der Waals surface area (Å²) in [6.07, 6.45) is 0. The van der Waals surface area contributed by atoms with Crippen LogP contribution >= 0.6 is 0 Å². The zero-order valence-corrected chi connectivity index (χ0v) is 27.0. The first-order valence-corrected chi connectivity index (χ1v) is 17.1. The molecule has 0 N–H and O–H groups in total. The number of fused-ring (bicyclic) bond motifs is 5. The van der Waals surface area contributed by atoms with Gasteiger partial charge >= 0.3 is 0 Å². The highest BCUT2D eigenvalue weighted by atomic mass is 14.5. The average Bonchev–Trinajstić information content (AvgIpc) is 3.18. The molecule has 0 unspecified atom stereocenters. The Morgan fingerprint density at radius 2 is 0.837 bits per heavy atom. The van der Waals surface area contributed by atoms with Crippen molar-refractivity contribution in [1.29, 1.82) is 0 Å². The summed E-state index contributed by atoms with van der Waals surface area (Å²) >= 11 is 0. The van der Waals surface area contributed by atoms with Gasteiger partial charge in [0.2, 0.25) is 0 Å². The summed E-state index contributed by atoms with van der Waals surface area (Å²) in [4.78, 5) is 0. The third-order valence-electron chi connectivity index (χ3n) is 10.7. The minimum Gasteiger partial charge on any atom is -0.0622 e. The normalized spacial score (nSPS) is 13.1. The average molecular weight is 621 g/mol. The van der Waals surface area contributed by atoms with Crippen LogP contribution in [0.15, 0.2) is 194 Å². The fourth-order valence-corrected chi connectivity index (χ4v) is 8.67. The van der Waals surface area contributed by atoms with Crippen molar-refractivity contribution >= 4 is 32.3 Å². The summed E-state index contributed by atoms with van der Waals surface area (Å²) < 4.78 is 0. The molecule has 9 aromatic carbocycles. The van der Waals surface area contributed by atoms with E-state index in [1.54, 1.807) is 0 Å². The number of benzene rings is 9. The molecule has 1 aliphatic rings. The van der Waals surface area contributed by atoms with Crippen molar-refractivity contribution in [3.63, 3.8) is 0 Å². The van der Waals surface area contributed by atoms with E-state index in [0.29, 0.717) is 0 Å². The second-order valence-corrected chi connectivity index (χ2v) is 13.2. The summed E-state index contributed by atoms with van der Waals surface area (Å²) in [6, 6.07) is 71.9. The fourth-order valence-electron chi connectivity index (χ4n) is 8.67. The third-order valence-corrected chi connectivity index (χ3v) is 10.7. The van der Waals surface area contributed by atoms with Gasteiger partial charge in [0, 0.05) is 0 Å².